The lowest BCUT2D eigenvalue weighted by Crippen LogP contribution is -2.29. The molecule has 0 bridgehead atoms. The summed E-state index contributed by atoms with van der Waals surface area (Å²) in [4.78, 5) is 15.5. The van der Waals surface area contributed by atoms with Gasteiger partial charge in [-0.3, -0.25) is 9.78 Å². The highest BCUT2D eigenvalue weighted by atomic mass is 16.5. The van der Waals surface area contributed by atoms with Crippen molar-refractivity contribution in [3.05, 3.63) is 72.1 Å². The number of aromatic nitrogens is 1. The van der Waals surface area contributed by atoms with E-state index in [2.05, 4.69) is 16.4 Å². The minimum Gasteiger partial charge on any atom is -0.488 e. The SMILES string of the molecule is CNC(=O)CCc1ccc2cc(O[C@@H](C)[C@H](O)CCc3cccnc3)ccc2c1. The molecule has 0 fully saturated rings. The first kappa shape index (κ1) is 20.8. The van der Waals surface area contributed by atoms with Crippen molar-refractivity contribution in [2.24, 2.45) is 0 Å². The molecule has 5 nitrogen and oxygen atoms in total. The summed E-state index contributed by atoms with van der Waals surface area (Å²) < 4.78 is 5.98. The third-order valence-electron chi connectivity index (χ3n) is 5.11. The van der Waals surface area contributed by atoms with Crippen LogP contribution in [0.5, 0.6) is 5.75 Å². The number of nitrogens with one attached hydrogen (secondary N) is 1. The Bertz CT molecular complexity index is 943. The predicted molar refractivity (Wildman–Crippen MR) is 115 cm³/mol. The Morgan fingerprint density at radius 3 is 2.66 bits per heavy atom. The number of nitrogens with zero attached hydrogens (tertiary/aromatic N) is 1. The average Bonchev–Trinajstić information content (AvgIpc) is 2.76. The molecule has 0 aliphatic heterocycles. The number of rotatable bonds is 9. The summed E-state index contributed by atoms with van der Waals surface area (Å²) in [6.07, 6.45) is 5.29. The first-order valence-corrected chi connectivity index (χ1v) is 10.0. The minimum atomic E-state index is -0.557. The molecular formula is C24H28N2O3. The largest absolute Gasteiger partial charge is 0.488 e. The van der Waals surface area contributed by atoms with Crippen LogP contribution in [0.25, 0.3) is 10.8 Å². The monoisotopic (exact) mass is 392 g/mol. The van der Waals surface area contributed by atoms with Gasteiger partial charge in [0.25, 0.3) is 0 Å². The predicted octanol–water partition coefficient (Wildman–Crippen LogP) is 3.67. The fourth-order valence-electron chi connectivity index (χ4n) is 3.27. The maximum atomic E-state index is 11.4. The number of ether oxygens (including phenoxy) is 1. The van der Waals surface area contributed by atoms with Crippen LogP contribution in [-0.2, 0) is 17.6 Å². The van der Waals surface area contributed by atoms with Crippen LogP contribution in [0.2, 0.25) is 0 Å². The molecule has 0 saturated heterocycles. The van der Waals surface area contributed by atoms with Crippen molar-refractivity contribution >= 4 is 16.7 Å². The van der Waals surface area contributed by atoms with E-state index in [0.717, 1.165) is 34.1 Å². The van der Waals surface area contributed by atoms with Crippen molar-refractivity contribution in [2.45, 2.75) is 44.8 Å². The second-order valence-electron chi connectivity index (χ2n) is 7.31. The molecule has 1 aromatic heterocycles. The molecule has 152 valence electrons. The summed E-state index contributed by atoms with van der Waals surface area (Å²) in [5.74, 6) is 0.786. The lowest BCUT2D eigenvalue weighted by molar-refractivity contribution is -0.120. The number of amides is 1. The molecule has 1 heterocycles. The molecule has 5 heteroatoms. The third kappa shape index (κ3) is 6.03. The molecule has 29 heavy (non-hydrogen) atoms. The van der Waals surface area contributed by atoms with E-state index >= 15 is 0 Å². The molecule has 3 aromatic rings. The quantitative estimate of drug-likeness (QED) is 0.583. The zero-order valence-corrected chi connectivity index (χ0v) is 17.0. The Labute approximate surface area is 171 Å². The second kappa shape index (κ2) is 10.0. The smallest absolute Gasteiger partial charge is 0.220 e. The van der Waals surface area contributed by atoms with Gasteiger partial charge in [0.05, 0.1) is 6.10 Å². The van der Waals surface area contributed by atoms with Crippen LogP contribution in [-0.4, -0.2) is 35.3 Å². The van der Waals surface area contributed by atoms with Crippen LogP contribution in [0.4, 0.5) is 0 Å². The van der Waals surface area contributed by atoms with Gasteiger partial charge in [-0.1, -0.05) is 30.3 Å². The molecule has 0 unspecified atom stereocenters. The summed E-state index contributed by atoms with van der Waals surface area (Å²) in [5.41, 5.74) is 2.24. The van der Waals surface area contributed by atoms with Gasteiger partial charge in [0.1, 0.15) is 11.9 Å². The van der Waals surface area contributed by atoms with Crippen LogP contribution in [0.15, 0.2) is 60.9 Å². The van der Waals surface area contributed by atoms with Crippen LogP contribution >= 0.6 is 0 Å². The van der Waals surface area contributed by atoms with Crippen molar-refractivity contribution in [3.63, 3.8) is 0 Å². The van der Waals surface area contributed by atoms with Gasteiger partial charge in [0.2, 0.25) is 5.91 Å². The maximum absolute atomic E-state index is 11.4. The highest BCUT2D eigenvalue weighted by Crippen LogP contribution is 2.24. The fourth-order valence-corrected chi connectivity index (χ4v) is 3.27. The molecule has 0 aliphatic carbocycles. The van der Waals surface area contributed by atoms with E-state index < -0.39 is 6.10 Å². The molecule has 2 atom stereocenters. The Kier molecular flexibility index (Phi) is 7.19. The Balaban J connectivity index is 1.58. The van der Waals surface area contributed by atoms with Crippen molar-refractivity contribution in [1.82, 2.24) is 10.3 Å². The van der Waals surface area contributed by atoms with Crippen molar-refractivity contribution in [2.75, 3.05) is 7.05 Å². The van der Waals surface area contributed by atoms with Gasteiger partial charge >= 0.3 is 0 Å². The lowest BCUT2D eigenvalue weighted by Gasteiger charge is -2.21. The molecule has 1 amide bonds. The Morgan fingerprint density at radius 2 is 1.90 bits per heavy atom. The van der Waals surface area contributed by atoms with Crippen molar-refractivity contribution < 1.29 is 14.6 Å². The van der Waals surface area contributed by atoms with E-state index in [1.807, 2.05) is 55.6 Å². The van der Waals surface area contributed by atoms with Gasteiger partial charge in [-0.15, -0.1) is 0 Å². The normalized spacial score (nSPS) is 13.1. The molecule has 0 radical (unpaired) electrons. The Morgan fingerprint density at radius 1 is 1.10 bits per heavy atom. The van der Waals surface area contributed by atoms with E-state index in [9.17, 15) is 9.90 Å². The number of pyridine rings is 1. The number of aliphatic hydroxyl groups is 1. The molecular weight excluding hydrogens is 364 g/mol. The number of benzene rings is 2. The van der Waals surface area contributed by atoms with Crippen LogP contribution in [0, 0.1) is 0 Å². The number of carbonyl (C=O) groups excluding carboxylic acids is 1. The van der Waals surface area contributed by atoms with E-state index in [1.165, 1.54) is 0 Å². The highest BCUT2D eigenvalue weighted by Gasteiger charge is 2.16. The van der Waals surface area contributed by atoms with E-state index in [1.54, 1.807) is 13.2 Å². The first-order chi connectivity index (χ1) is 14.0. The van der Waals surface area contributed by atoms with Crippen LogP contribution in [0.3, 0.4) is 0 Å². The van der Waals surface area contributed by atoms with Crippen molar-refractivity contribution in [1.29, 1.82) is 0 Å². The summed E-state index contributed by atoms with van der Waals surface area (Å²) in [5, 5.41) is 15.3. The number of aliphatic hydroxyl groups excluding tert-OH is 1. The molecule has 2 aromatic carbocycles. The minimum absolute atomic E-state index is 0.0462. The van der Waals surface area contributed by atoms with E-state index in [-0.39, 0.29) is 12.0 Å². The van der Waals surface area contributed by atoms with Crippen LogP contribution < -0.4 is 10.1 Å². The van der Waals surface area contributed by atoms with E-state index in [0.29, 0.717) is 19.3 Å². The average molecular weight is 392 g/mol. The van der Waals surface area contributed by atoms with Crippen molar-refractivity contribution in [3.8, 4) is 5.75 Å². The number of fused-ring (bicyclic) bond motifs is 1. The maximum Gasteiger partial charge on any atom is 0.220 e. The van der Waals surface area contributed by atoms with Gasteiger partial charge < -0.3 is 15.2 Å². The van der Waals surface area contributed by atoms with Gasteiger partial charge in [0, 0.05) is 25.9 Å². The van der Waals surface area contributed by atoms with Gasteiger partial charge in [-0.05, 0) is 66.3 Å². The highest BCUT2D eigenvalue weighted by molar-refractivity contribution is 5.84. The van der Waals surface area contributed by atoms with Gasteiger partial charge in [-0.2, -0.15) is 0 Å². The van der Waals surface area contributed by atoms with Gasteiger partial charge in [0.15, 0.2) is 0 Å². The van der Waals surface area contributed by atoms with Crippen LogP contribution in [0.1, 0.15) is 30.9 Å². The number of aryl methyl sites for hydroxylation is 2. The fraction of sp³-hybridized carbons (Fsp3) is 0.333. The first-order valence-electron chi connectivity index (χ1n) is 10.0. The number of hydrogen-bond donors (Lipinski definition) is 2. The zero-order valence-electron chi connectivity index (χ0n) is 17.0. The molecule has 3 rings (SSSR count). The summed E-state index contributed by atoms with van der Waals surface area (Å²) in [6.45, 7) is 1.89. The van der Waals surface area contributed by atoms with Gasteiger partial charge in [-0.25, -0.2) is 0 Å². The number of carbonyl (C=O) groups is 1. The molecule has 0 aliphatic rings. The summed E-state index contributed by atoms with van der Waals surface area (Å²) in [7, 11) is 1.65. The number of hydrogen-bond acceptors (Lipinski definition) is 4. The van der Waals surface area contributed by atoms with E-state index in [4.69, 9.17) is 4.74 Å². The lowest BCUT2D eigenvalue weighted by atomic mass is 10.0. The Hall–Kier alpha value is -2.92. The molecule has 0 spiro atoms. The summed E-state index contributed by atoms with van der Waals surface area (Å²) >= 11 is 0. The molecule has 2 N–H and O–H groups in total. The topological polar surface area (TPSA) is 71.5 Å². The molecule has 0 saturated carbocycles. The summed E-state index contributed by atoms with van der Waals surface area (Å²) in [6, 6.07) is 16.0. The zero-order chi connectivity index (χ0) is 20.6. The standard InChI is InChI=1S/C24H28N2O3/c1-17(23(27)11-6-19-4-3-13-26-16-19)29-22-10-9-20-14-18(5-8-21(20)15-22)7-12-24(28)25-2/h3-5,8-10,13-17,23,27H,6-7,11-12H2,1-2H3,(H,25,28)/t17-,23+/m0/s1. The second-order valence-corrected chi connectivity index (χ2v) is 7.31. The third-order valence-corrected chi connectivity index (χ3v) is 5.11.